The molecule has 0 saturated heterocycles. The van der Waals surface area contributed by atoms with Gasteiger partial charge in [0.05, 0.1) is 11.0 Å². The van der Waals surface area contributed by atoms with Gasteiger partial charge < -0.3 is 10.1 Å². The molecule has 1 aromatic rings. The predicted molar refractivity (Wildman–Crippen MR) is 85.3 cm³/mol. The van der Waals surface area contributed by atoms with Crippen molar-refractivity contribution in [3.8, 4) is 5.75 Å². The average molecular weight is 314 g/mol. The number of rotatable bonds is 8. The maximum atomic E-state index is 12.2. The van der Waals surface area contributed by atoms with Crippen LogP contribution in [0.3, 0.4) is 0 Å². The molecule has 6 heteroatoms. The van der Waals surface area contributed by atoms with Gasteiger partial charge in [-0.2, -0.15) is 0 Å². The molecule has 0 bridgehead atoms. The fraction of sp³-hybridized carbons (Fsp3) is 0.600. The molecule has 0 radical (unpaired) electrons. The third-order valence-corrected chi connectivity index (χ3v) is 4.25. The van der Waals surface area contributed by atoms with Crippen LogP contribution in [0.25, 0.3) is 0 Å². The molecule has 0 saturated carbocycles. The van der Waals surface area contributed by atoms with Crippen LogP contribution in [-0.4, -0.2) is 33.7 Å². The van der Waals surface area contributed by atoms with Crippen LogP contribution < -0.4 is 14.8 Å². The van der Waals surface area contributed by atoms with E-state index >= 15 is 0 Å². The van der Waals surface area contributed by atoms with Crippen LogP contribution >= 0.6 is 0 Å². The maximum absolute atomic E-state index is 12.2. The van der Waals surface area contributed by atoms with E-state index in [0.29, 0.717) is 24.9 Å². The molecule has 0 aliphatic rings. The molecule has 0 unspecified atom stereocenters. The zero-order chi connectivity index (χ0) is 16.0. The molecule has 0 aliphatic heterocycles. The van der Waals surface area contributed by atoms with E-state index in [1.165, 1.54) is 0 Å². The van der Waals surface area contributed by atoms with E-state index in [2.05, 4.69) is 10.0 Å². The molecule has 21 heavy (non-hydrogen) atoms. The van der Waals surface area contributed by atoms with E-state index in [9.17, 15) is 8.42 Å². The Kier molecular flexibility index (Phi) is 6.64. The summed E-state index contributed by atoms with van der Waals surface area (Å²) < 4.78 is 32.6. The fourth-order valence-electron chi connectivity index (χ4n) is 1.80. The zero-order valence-electron chi connectivity index (χ0n) is 13.4. The van der Waals surface area contributed by atoms with Crippen molar-refractivity contribution in [1.29, 1.82) is 0 Å². The van der Waals surface area contributed by atoms with Gasteiger partial charge >= 0.3 is 0 Å². The minimum atomic E-state index is -3.47. The van der Waals surface area contributed by atoms with Crippen LogP contribution in [-0.2, 0) is 10.0 Å². The molecule has 0 atom stereocenters. The summed E-state index contributed by atoms with van der Waals surface area (Å²) in [6.45, 7) is 10.7. The fourth-order valence-corrected chi connectivity index (χ4v) is 2.92. The Hall–Kier alpha value is -1.11. The maximum Gasteiger partial charge on any atom is 0.240 e. The molecule has 2 N–H and O–H groups in total. The van der Waals surface area contributed by atoms with Crippen molar-refractivity contribution in [2.24, 2.45) is 0 Å². The lowest BCUT2D eigenvalue weighted by molar-refractivity contribution is 0.240. The normalized spacial score (nSPS) is 12.1. The lowest BCUT2D eigenvalue weighted by Crippen LogP contribution is -2.34. The number of aryl methyl sites for hydroxylation is 1. The summed E-state index contributed by atoms with van der Waals surface area (Å²) in [5.41, 5.74) is 0.812. The van der Waals surface area contributed by atoms with Crippen molar-refractivity contribution in [2.75, 3.05) is 13.1 Å². The van der Waals surface area contributed by atoms with Crippen LogP contribution in [0, 0.1) is 6.92 Å². The summed E-state index contributed by atoms with van der Waals surface area (Å²) >= 11 is 0. The molecule has 0 amide bonds. The van der Waals surface area contributed by atoms with Gasteiger partial charge in [0, 0.05) is 19.1 Å². The van der Waals surface area contributed by atoms with Gasteiger partial charge in [-0.3, -0.25) is 0 Å². The number of hydrogen-bond acceptors (Lipinski definition) is 4. The van der Waals surface area contributed by atoms with E-state index < -0.39 is 10.0 Å². The minimum absolute atomic E-state index is 0.0615. The van der Waals surface area contributed by atoms with Crippen molar-refractivity contribution >= 4 is 10.0 Å². The van der Waals surface area contributed by atoms with Gasteiger partial charge in [0.25, 0.3) is 0 Å². The lowest BCUT2D eigenvalue weighted by atomic mass is 10.2. The van der Waals surface area contributed by atoms with E-state index in [4.69, 9.17) is 4.74 Å². The average Bonchev–Trinajstić information content (AvgIpc) is 2.36. The van der Waals surface area contributed by atoms with Crippen LogP contribution in [0.4, 0.5) is 0 Å². The Bertz CT molecular complexity index is 554. The largest absolute Gasteiger partial charge is 0.491 e. The zero-order valence-corrected chi connectivity index (χ0v) is 14.3. The first-order valence-corrected chi connectivity index (χ1v) is 8.71. The van der Waals surface area contributed by atoms with Gasteiger partial charge in [0.1, 0.15) is 5.75 Å². The Morgan fingerprint density at radius 2 is 1.81 bits per heavy atom. The molecular weight excluding hydrogens is 288 g/mol. The molecule has 1 rings (SSSR count). The van der Waals surface area contributed by atoms with Crippen molar-refractivity contribution in [2.45, 2.75) is 51.7 Å². The summed E-state index contributed by atoms with van der Waals surface area (Å²) in [5.74, 6) is 0.713. The van der Waals surface area contributed by atoms with E-state index in [1.54, 1.807) is 18.2 Å². The first kappa shape index (κ1) is 17.9. The summed E-state index contributed by atoms with van der Waals surface area (Å²) in [6, 6.07) is 5.25. The quantitative estimate of drug-likeness (QED) is 0.721. The third-order valence-electron chi connectivity index (χ3n) is 2.79. The monoisotopic (exact) mass is 314 g/mol. The van der Waals surface area contributed by atoms with Gasteiger partial charge in [-0.05, 0) is 44.5 Å². The summed E-state index contributed by atoms with van der Waals surface area (Å²) in [4.78, 5) is 0.264. The summed E-state index contributed by atoms with van der Waals surface area (Å²) in [6.07, 6.45) is 0.0615. The standard InChI is InChI=1S/C15H26N2O3S/c1-11(2)16-8-9-17-21(18,19)14-6-7-15(13(5)10-14)20-12(3)4/h6-7,10-12,16-17H,8-9H2,1-5H3. The second kappa shape index (κ2) is 7.77. The second-order valence-electron chi connectivity index (χ2n) is 5.60. The number of nitrogens with one attached hydrogen (secondary N) is 2. The van der Waals surface area contributed by atoms with E-state index in [1.807, 2.05) is 34.6 Å². The van der Waals surface area contributed by atoms with E-state index in [-0.39, 0.29) is 11.0 Å². The van der Waals surface area contributed by atoms with Crippen molar-refractivity contribution in [3.05, 3.63) is 23.8 Å². The third kappa shape index (κ3) is 6.03. The topological polar surface area (TPSA) is 67.4 Å². The molecule has 0 fully saturated rings. The van der Waals surface area contributed by atoms with Gasteiger partial charge in [-0.1, -0.05) is 13.8 Å². The molecule has 120 valence electrons. The molecule has 0 spiro atoms. The number of sulfonamides is 1. The van der Waals surface area contributed by atoms with Crippen molar-refractivity contribution < 1.29 is 13.2 Å². The van der Waals surface area contributed by atoms with Crippen LogP contribution in [0.5, 0.6) is 5.75 Å². The molecule has 0 aromatic heterocycles. The van der Waals surface area contributed by atoms with Gasteiger partial charge in [0.2, 0.25) is 10.0 Å². The van der Waals surface area contributed by atoms with Crippen LogP contribution in [0.1, 0.15) is 33.3 Å². The molecular formula is C15H26N2O3S. The highest BCUT2D eigenvalue weighted by atomic mass is 32.2. The number of hydrogen-bond donors (Lipinski definition) is 2. The van der Waals surface area contributed by atoms with Crippen LogP contribution in [0.2, 0.25) is 0 Å². The van der Waals surface area contributed by atoms with Gasteiger partial charge in [-0.15, -0.1) is 0 Å². The number of ether oxygens (including phenoxy) is 1. The highest BCUT2D eigenvalue weighted by Gasteiger charge is 2.15. The van der Waals surface area contributed by atoms with Gasteiger partial charge in [-0.25, -0.2) is 13.1 Å². The van der Waals surface area contributed by atoms with E-state index in [0.717, 1.165) is 5.56 Å². The van der Waals surface area contributed by atoms with Crippen LogP contribution in [0.15, 0.2) is 23.1 Å². The lowest BCUT2D eigenvalue weighted by Gasteiger charge is -2.14. The number of benzene rings is 1. The molecule has 1 aromatic carbocycles. The first-order valence-electron chi connectivity index (χ1n) is 7.22. The molecule has 0 aliphatic carbocycles. The molecule has 5 nitrogen and oxygen atoms in total. The SMILES string of the molecule is Cc1cc(S(=O)(=O)NCCNC(C)C)ccc1OC(C)C. The minimum Gasteiger partial charge on any atom is -0.491 e. The Morgan fingerprint density at radius 3 is 2.33 bits per heavy atom. The molecule has 0 heterocycles. The van der Waals surface area contributed by atoms with Gasteiger partial charge in [0.15, 0.2) is 0 Å². The Morgan fingerprint density at radius 1 is 1.14 bits per heavy atom. The smallest absolute Gasteiger partial charge is 0.240 e. The summed E-state index contributed by atoms with van der Waals surface area (Å²) in [7, 11) is -3.47. The second-order valence-corrected chi connectivity index (χ2v) is 7.37. The Balaban J connectivity index is 2.73. The predicted octanol–water partition coefficient (Wildman–Crippen LogP) is 2.06. The van der Waals surface area contributed by atoms with Crippen molar-refractivity contribution in [1.82, 2.24) is 10.0 Å². The Labute approximate surface area is 128 Å². The summed E-state index contributed by atoms with van der Waals surface area (Å²) in [5, 5.41) is 3.16. The highest BCUT2D eigenvalue weighted by molar-refractivity contribution is 7.89. The first-order chi connectivity index (χ1) is 9.72. The van der Waals surface area contributed by atoms with Crippen molar-refractivity contribution in [3.63, 3.8) is 0 Å². The highest BCUT2D eigenvalue weighted by Crippen LogP contribution is 2.22.